The molecule has 0 amide bonds. The van der Waals surface area contributed by atoms with E-state index in [-0.39, 0.29) is 22.3 Å². The minimum atomic E-state index is -0.216. The van der Waals surface area contributed by atoms with Crippen LogP contribution in [0.2, 0.25) is 0 Å². The van der Waals surface area contributed by atoms with Crippen LogP contribution in [0.25, 0.3) is 10.8 Å². The summed E-state index contributed by atoms with van der Waals surface area (Å²) in [6, 6.07) is 20.6. The monoisotopic (exact) mass is 590 g/mol. The fraction of sp³-hybridized carbons (Fsp3) is 0.400. The van der Waals surface area contributed by atoms with Crippen molar-refractivity contribution in [2.75, 3.05) is 0 Å². The smallest absolute Gasteiger partial charge is 0.128 e. The molecular formula is C40H50N2O2. The molecule has 2 unspecified atom stereocenters. The van der Waals surface area contributed by atoms with Crippen LogP contribution in [0.5, 0.6) is 11.5 Å². The summed E-state index contributed by atoms with van der Waals surface area (Å²) in [7, 11) is 0. The van der Waals surface area contributed by atoms with Crippen molar-refractivity contribution in [1.29, 1.82) is 0 Å². The van der Waals surface area contributed by atoms with Crippen LogP contribution in [-0.4, -0.2) is 22.6 Å². The van der Waals surface area contributed by atoms with Crippen molar-refractivity contribution in [2.45, 2.75) is 105 Å². The van der Waals surface area contributed by atoms with Gasteiger partial charge in [0, 0.05) is 34.7 Å². The van der Waals surface area contributed by atoms with Gasteiger partial charge < -0.3 is 10.2 Å². The molecule has 4 aromatic rings. The quantitative estimate of drug-likeness (QED) is 0.200. The molecule has 0 saturated heterocycles. The topological polar surface area (TPSA) is 65.2 Å². The van der Waals surface area contributed by atoms with E-state index in [4.69, 9.17) is 9.98 Å². The lowest BCUT2D eigenvalue weighted by molar-refractivity contribution is 0.444. The summed E-state index contributed by atoms with van der Waals surface area (Å²) in [5.41, 5.74) is 6.57. The van der Waals surface area contributed by atoms with Crippen molar-refractivity contribution in [3.05, 3.63) is 94.0 Å². The Hall–Kier alpha value is -3.92. The fourth-order valence-corrected chi connectivity index (χ4v) is 5.44. The Bertz CT molecular complexity index is 1570. The summed E-state index contributed by atoms with van der Waals surface area (Å²) in [4.78, 5) is 9.85. The molecule has 0 aliphatic rings. The molecule has 0 bridgehead atoms. The van der Waals surface area contributed by atoms with Gasteiger partial charge in [-0.1, -0.05) is 106 Å². The van der Waals surface area contributed by atoms with Gasteiger partial charge in [-0.05, 0) is 81.7 Å². The number of nitrogens with zero attached hydrogens (tertiary/aromatic N) is 2. The number of hydrogen-bond donors (Lipinski definition) is 2. The number of aromatic hydroxyl groups is 2. The predicted octanol–water partition coefficient (Wildman–Crippen LogP) is 11.4. The van der Waals surface area contributed by atoms with Crippen LogP contribution in [0.3, 0.4) is 0 Å². The molecule has 4 aromatic carbocycles. The van der Waals surface area contributed by atoms with Gasteiger partial charge in [0.25, 0.3) is 0 Å². The standard InChI is InChI=1S/C40H50N2O2/c1-11-25(3)29-17-31(37(43)33(19-29)39(5,6)7)23-41-35-21-27-15-13-14-16-28(27)22-36(35)42-24-32-18-30(26(4)12-2)20-34(38(32)44)40(8,9)10/h13-26,43-44H,11-12H2,1-10H3. The number of phenolic OH excluding ortho intramolecular Hbond substituents is 2. The zero-order chi connectivity index (χ0) is 32.4. The second-order valence-electron chi connectivity index (χ2n) is 14.3. The third-order valence-electron chi connectivity index (χ3n) is 8.83. The number of aliphatic imine (C=N–C) groups is 2. The highest BCUT2D eigenvalue weighted by Gasteiger charge is 2.23. The van der Waals surface area contributed by atoms with Crippen LogP contribution in [0.4, 0.5) is 11.4 Å². The molecule has 2 atom stereocenters. The van der Waals surface area contributed by atoms with Crippen LogP contribution in [-0.2, 0) is 10.8 Å². The van der Waals surface area contributed by atoms with Crippen molar-refractivity contribution < 1.29 is 10.2 Å². The van der Waals surface area contributed by atoms with E-state index in [1.807, 2.05) is 24.3 Å². The molecule has 2 N–H and O–H groups in total. The summed E-state index contributed by atoms with van der Waals surface area (Å²) in [5.74, 6) is 1.25. The van der Waals surface area contributed by atoms with Gasteiger partial charge in [-0.3, -0.25) is 9.98 Å². The number of phenols is 2. The Morgan fingerprint density at radius 3 is 1.30 bits per heavy atom. The van der Waals surface area contributed by atoms with Gasteiger partial charge >= 0.3 is 0 Å². The summed E-state index contributed by atoms with van der Waals surface area (Å²) < 4.78 is 0. The maximum atomic E-state index is 11.3. The van der Waals surface area contributed by atoms with Gasteiger partial charge in [-0.25, -0.2) is 0 Å². The Morgan fingerprint density at radius 1 is 0.614 bits per heavy atom. The minimum absolute atomic E-state index is 0.216. The molecule has 0 heterocycles. The number of benzene rings is 4. The first-order valence-electron chi connectivity index (χ1n) is 16.0. The fourth-order valence-electron chi connectivity index (χ4n) is 5.44. The average Bonchev–Trinajstić information content (AvgIpc) is 2.97. The first kappa shape index (κ1) is 33.0. The highest BCUT2D eigenvalue weighted by atomic mass is 16.3. The van der Waals surface area contributed by atoms with Crippen LogP contribution in [0.1, 0.15) is 127 Å². The van der Waals surface area contributed by atoms with E-state index in [2.05, 4.69) is 106 Å². The Balaban J connectivity index is 1.87. The van der Waals surface area contributed by atoms with Gasteiger partial charge in [-0.15, -0.1) is 0 Å². The van der Waals surface area contributed by atoms with Gasteiger partial charge in [0.1, 0.15) is 11.5 Å². The van der Waals surface area contributed by atoms with E-state index >= 15 is 0 Å². The lowest BCUT2D eigenvalue weighted by atomic mass is 9.82. The zero-order valence-electron chi connectivity index (χ0n) is 28.3. The third-order valence-corrected chi connectivity index (χ3v) is 8.83. The molecular weight excluding hydrogens is 540 g/mol. The maximum Gasteiger partial charge on any atom is 0.128 e. The molecule has 0 radical (unpaired) electrons. The molecule has 44 heavy (non-hydrogen) atoms. The van der Waals surface area contributed by atoms with E-state index in [0.29, 0.717) is 34.3 Å². The number of rotatable bonds is 8. The van der Waals surface area contributed by atoms with Crippen LogP contribution in [0, 0.1) is 0 Å². The van der Waals surface area contributed by atoms with Crippen LogP contribution in [0.15, 0.2) is 70.6 Å². The van der Waals surface area contributed by atoms with Crippen molar-refractivity contribution in [1.82, 2.24) is 0 Å². The molecule has 0 aromatic heterocycles. The normalized spacial score (nSPS) is 14.1. The highest BCUT2D eigenvalue weighted by molar-refractivity contribution is 5.96. The van der Waals surface area contributed by atoms with Crippen molar-refractivity contribution in [2.24, 2.45) is 9.98 Å². The van der Waals surface area contributed by atoms with E-state index in [0.717, 1.165) is 34.7 Å². The number of hydrogen-bond acceptors (Lipinski definition) is 4. The minimum Gasteiger partial charge on any atom is -0.507 e. The first-order valence-corrected chi connectivity index (χ1v) is 16.0. The third kappa shape index (κ3) is 7.23. The Labute approximate surface area is 264 Å². The Morgan fingerprint density at radius 2 is 0.977 bits per heavy atom. The molecule has 4 heteroatoms. The molecule has 0 spiro atoms. The van der Waals surface area contributed by atoms with E-state index in [1.54, 1.807) is 12.4 Å². The maximum absolute atomic E-state index is 11.3. The summed E-state index contributed by atoms with van der Waals surface area (Å²) >= 11 is 0. The number of fused-ring (bicyclic) bond motifs is 1. The lowest BCUT2D eigenvalue weighted by Gasteiger charge is -2.24. The molecule has 4 nitrogen and oxygen atoms in total. The molecule has 0 saturated carbocycles. The Kier molecular flexibility index (Phi) is 9.73. The predicted molar refractivity (Wildman–Crippen MR) is 189 cm³/mol. The highest BCUT2D eigenvalue weighted by Crippen LogP contribution is 2.39. The van der Waals surface area contributed by atoms with E-state index < -0.39 is 0 Å². The lowest BCUT2D eigenvalue weighted by Crippen LogP contribution is -2.13. The molecule has 4 rings (SSSR count). The van der Waals surface area contributed by atoms with Gasteiger partial charge in [-0.2, -0.15) is 0 Å². The van der Waals surface area contributed by atoms with Crippen LogP contribution >= 0.6 is 0 Å². The van der Waals surface area contributed by atoms with Crippen molar-refractivity contribution in [3.63, 3.8) is 0 Å². The molecule has 0 aliphatic carbocycles. The second-order valence-corrected chi connectivity index (χ2v) is 14.3. The van der Waals surface area contributed by atoms with Gasteiger partial charge in [0.2, 0.25) is 0 Å². The summed E-state index contributed by atoms with van der Waals surface area (Å²) in [6.07, 6.45) is 5.55. The van der Waals surface area contributed by atoms with Gasteiger partial charge in [0.15, 0.2) is 0 Å². The summed E-state index contributed by atoms with van der Waals surface area (Å²) in [6.45, 7) is 21.5. The molecule has 0 fully saturated rings. The summed E-state index contributed by atoms with van der Waals surface area (Å²) in [5, 5.41) is 24.8. The van der Waals surface area contributed by atoms with Crippen molar-refractivity contribution >= 4 is 34.6 Å². The zero-order valence-corrected chi connectivity index (χ0v) is 28.3. The first-order chi connectivity index (χ1) is 20.6. The second kappa shape index (κ2) is 13.0. The van der Waals surface area contributed by atoms with Gasteiger partial charge in [0.05, 0.1) is 11.4 Å². The van der Waals surface area contributed by atoms with E-state index in [9.17, 15) is 10.2 Å². The van der Waals surface area contributed by atoms with Crippen LogP contribution < -0.4 is 0 Å². The SMILES string of the molecule is CCC(C)c1cc(C=Nc2cc3ccccc3cc2N=Cc2cc(C(C)CC)cc(C(C)(C)C)c2O)c(O)c(C(C)(C)C)c1. The largest absolute Gasteiger partial charge is 0.507 e. The molecule has 0 aliphatic heterocycles. The molecule has 232 valence electrons. The average molecular weight is 591 g/mol. The van der Waals surface area contributed by atoms with Crippen molar-refractivity contribution in [3.8, 4) is 11.5 Å². The van der Waals surface area contributed by atoms with E-state index in [1.165, 1.54) is 11.1 Å².